The Bertz CT molecular complexity index is 191. The Morgan fingerprint density at radius 3 is 2.00 bits per heavy atom. The third-order valence-corrected chi connectivity index (χ3v) is 2.54. The van der Waals surface area contributed by atoms with Crippen molar-refractivity contribution in [2.75, 3.05) is 13.2 Å². The lowest BCUT2D eigenvalue weighted by atomic mass is 10.8. The van der Waals surface area contributed by atoms with E-state index < -0.39 is 7.60 Å². The van der Waals surface area contributed by atoms with E-state index in [1.165, 1.54) is 0 Å². The van der Waals surface area contributed by atoms with Gasteiger partial charge in [-0.05, 0) is 20.8 Å². The number of rotatable bonds is 4. The summed E-state index contributed by atoms with van der Waals surface area (Å²) in [6.07, 6.45) is 0. The maximum Gasteiger partial charge on any atom is 0.405 e. The zero-order valence-electron chi connectivity index (χ0n) is 7.09. The van der Waals surface area contributed by atoms with E-state index >= 15 is 0 Å². The molecular formula is C7H13O3P. The summed E-state index contributed by atoms with van der Waals surface area (Å²) < 4.78 is 21.1. The maximum absolute atomic E-state index is 11.4. The molecule has 0 heterocycles. The van der Waals surface area contributed by atoms with Gasteiger partial charge in [0.15, 0.2) is 0 Å². The quantitative estimate of drug-likeness (QED) is 0.486. The molecule has 0 aliphatic carbocycles. The van der Waals surface area contributed by atoms with Crippen molar-refractivity contribution in [2.24, 2.45) is 0 Å². The Hall–Kier alpha value is -0.290. The van der Waals surface area contributed by atoms with E-state index in [-0.39, 0.29) is 0 Å². The molecule has 0 rings (SSSR count). The second-order valence-corrected chi connectivity index (χ2v) is 3.43. The second kappa shape index (κ2) is 5.37. The van der Waals surface area contributed by atoms with Gasteiger partial charge in [-0.1, -0.05) is 5.92 Å². The van der Waals surface area contributed by atoms with Crippen molar-refractivity contribution in [3.05, 3.63) is 0 Å². The maximum atomic E-state index is 11.4. The van der Waals surface area contributed by atoms with Crippen molar-refractivity contribution in [3.63, 3.8) is 0 Å². The van der Waals surface area contributed by atoms with E-state index in [9.17, 15) is 4.57 Å². The Morgan fingerprint density at radius 2 is 1.73 bits per heavy atom. The highest BCUT2D eigenvalue weighted by Crippen LogP contribution is 2.46. The highest BCUT2D eigenvalue weighted by Gasteiger charge is 2.18. The first-order valence-corrected chi connectivity index (χ1v) is 5.06. The summed E-state index contributed by atoms with van der Waals surface area (Å²) in [7, 11) is -3.08. The van der Waals surface area contributed by atoms with Gasteiger partial charge in [0.1, 0.15) is 0 Å². The normalized spacial score (nSPS) is 10.5. The largest absolute Gasteiger partial charge is 0.405 e. The third kappa shape index (κ3) is 4.21. The van der Waals surface area contributed by atoms with Crippen LogP contribution >= 0.6 is 7.60 Å². The Morgan fingerprint density at radius 1 is 1.27 bits per heavy atom. The zero-order chi connectivity index (χ0) is 8.74. The van der Waals surface area contributed by atoms with E-state index in [4.69, 9.17) is 9.05 Å². The van der Waals surface area contributed by atoms with Gasteiger partial charge in [-0.15, -0.1) is 0 Å². The molecule has 0 bridgehead atoms. The summed E-state index contributed by atoms with van der Waals surface area (Å²) in [6.45, 7) is 5.81. The molecular weight excluding hydrogens is 163 g/mol. The molecule has 0 aromatic rings. The van der Waals surface area contributed by atoms with Crippen LogP contribution in [-0.2, 0) is 13.6 Å². The molecule has 0 fully saturated rings. The second-order valence-electron chi connectivity index (χ2n) is 1.69. The summed E-state index contributed by atoms with van der Waals surface area (Å²) in [5, 5.41) is 0. The summed E-state index contributed by atoms with van der Waals surface area (Å²) in [6, 6.07) is 0. The molecule has 0 radical (unpaired) electrons. The van der Waals surface area contributed by atoms with Crippen LogP contribution in [0.15, 0.2) is 0 Å². The molecule has 0 atom stereocenters. The lowest BCUT2D eigenvalue weighted by Gasteiger charge is -2.09. The first-order valence-electron chi connectivity index (χ1n) is 3.51. The highest BCUT2D eigenvalue weighted by molar-refractivity contribution is 7.59. The molecule has 0 saturated carbocycles. The topological polar surface area (TPSA) is 35.5 Å². The third-order valence-electron chi connectivity index (χ3n) is 0.847. The molecule has 0 N–H and O–H groups in total. The SMILES string of the molecule is CC#CP(=O)(OCC)OCC. The molecule has 0 aromatic heterocycles. The van der Waals surface area contributed by atoms with Gasteiger partial charge in [0.2, 0.25) is 0 Å². The Labute approximate surface area is 67.6 Å². The minimum atomic E-state index is -3.08. The molecule has 3 nitrogen and oxygen atoms in total. The number of hydrogen-bond donors (Lipinski definition) is 0. The fourth-order valence-electron chi connectivity index (χ4n) is 0.579. The molecule has 0 saturated heterocycles. The summed E-state index contributed by atoms with van der Waals surface area (Å²) in [4.78, 5) is 0. The fourth-order valence-corrected chi connectivity index (χ4v) is 1.74. The average molecular weight is 176 g/mol. The van der Waals surface area contributed by atoms with Crippen LogP contribution in [0.1, 0.15) is 20.8 Å². The van der Waals surface area contributed by atoms with E-state index in [0.717, 1.165) is 0 Å². The van der Waals surface area contributed by atoms with Crippen molar-refractivity contribution >= 4 is 7.60 Å². The van der Waals surface area contributed by atoms with Crippen molar-refractivity contribution in [1.29, 1.82) is 0 Å². The van der Waals surface area contributed by atoms with Gasteiger partial charge in [-0.25, -0.2) is 4.57 Å². The first kappa shape index (κ1) is 10.7. The van der Waals surface area contributed by atoms with Gasteiger partial charge >= 0.3 is 7.60 Å². The lowest BCUT2D eigenvalue weighted by molar-refractivity contribution is 0.230. The van der Waals surface area contributed by atoms with Gasteiger partial charge in [0.05, 0.1) is 13.2 Å². The van der Waals surface area contributed by atoms with Crippen LogP contribution in [0.2, 0.25) is 0 Å². The van der Waals surface area contributed by atoms with E-state index in [0.29, 0.717) is 13.2 Å². The average Bonchev–Trinajstić information content (AvgIpc) is 1.88. The fraction of sp³-hybridized carbons (Fsp3) is 0.714. The molecule has 4 heteroatoms. The minimum Gasteiger partial charge on any atom is -0.300 e. The van der Waals surface area contributed by atoms with Gasteiger partial charge in [-0.3, -0.25) is 9.05 Å². The van der Waals surface area contributed by atoms with Gasteiger partial charge in [0.25, 0.3) is 0 Å². The standard InChI is InChI=1S/C7H13O3P/c1-4-7-11(8,9-5-2)10-6-3/h5-6H2,1-3H3. The molecule has 0 aliphatic rings. The Balaban J connectivity index is 4.22. The molecule has 0 aliphatic heterocycles. The van der Waals surface area contributed by atoms with Gasteiger partial charge < -0.3 is 0 Å². The minimum absolute atomic E-state index is 0.353. The summed E-state index contributed by atoms with van der Waals surface area (Å²) in [5.74, 6) is 2.51. The van der Waals surface area contributed by atoms with Crippen LogP contribution in [-0.4, -0.2) is 13.2 Å². The van der Waals surface area contributed by atoms with Crippen molar-refractivity contribution in [2.45, 2.75) is 20.8 Å². The number of hydrogen-bond acceptors (Lipinski definition) is 3. The lowest BCUT2D eigenvalue weighted by Crippen LogP contribution is -1.92. The van der Waals surface area contributed by atoms with Crippen LogP contribution < -0.4 is 0 Å². The molecule has 64 valence electrons. The van der Waals surface area contributed by atoms with Crippen LogP contribution in [0.3, 0.4) is 0 Å². The van der Waals surface area contributed by atoms with Crippen molar-refractivity contribution in [3.8, 4) is 11.6 Å². The van der Waals surface area contributed by atoms with Gasteiger partial charge in [0, 0.05) is 5.66 Å². The summed E-state index contributed by atoms with van der Waals surface area (Å²) >= 11 is 0. The monoisotopic (exact) mass is 176 g/mol. The van der Waals surface area contributed by atoms with Crippen LogP contribution in [0.5, 0.6) is 0 Å². The predicted molar refractivity (Wildman–Crippen MR) is 44.3 cm³/mol. The highest BCUT2D eigenvalue weighted by atomic mass is 31.2. The predicted octanol–water partition coefficient (Wildman–Crippen LogP) is 2.23. The molecule has 0 aromatic carbocycles. The smallest absolute Gasteiger partial charge is 0.300 e. The summed E-state index contributed by atoms with van der Waals surface area (Å²) in [5.41, 5.74) is 2.42. The van der Waals surface area contributed by atoms with E-state index in [1.54, 1.807) is 20.8 Å². The molecule has 0 amide bonds. The van der Waals surface area contributed by atoms with Crippen LogP contribution in [0.4, 0.5) is 0 Å². The van der Waals surface area contributed by atoms with Crippen LogP contribution in [0.25, 0.3) is 0 Å². The van der Waals surface area contributed by atoms with Crippen molar-refractivity contribution < 1.29 is 13.6 Å². The van der Waals surface area contributed by atoms with E-state index in [2.05, 4.69) is 11.6 Å². The first-order chi connectivity index (χ1) is 5.18. The zero-order valence-corrected chi connectivity index (χ0v) is 7.98. The van der Waals surface area contributed by atoms with Crippen LogP contribution in [0, 0.1) is 11.6 Å². The van der Waals surface area contributed by atoms with Crippen molar-refractivity contribution in [1.82, 2.24) is 0 Å². The van der Waals surface area contributed by atoms with E-state index in [1.807, 2.05) is 0 Å². The molecule has 0 unspecified atom stereocenters. The molecule has 0 spiro atoms. The van der Waals surface area contributed by atoms with Gasteiger partial charge in [-0.2, -0.15) is 0 Å². The molecule has 11 heavy (non-hydrogen) atoms. The Kier molecular flexibility index (Phi) is 5.23.